The Hall–Kier alpha value is -2.82. The average Bonchev–Trinajstić information content (AvgIpc) is 2.42. The van der Waals surface area contributed by atoms with Gasteiger partial charge in [-0.1, -0.05) is 12.1 Å². The molecule has 0 bridgehead atoms. The van der Waals surface area contributed by atoms with Gasteiger partial charge in [-0.2, -0.15) is 0 Å². The van der Waals surface area contributed by atoms with Gasteiger partial charge in [-0.15, -0.1) is 0 Å². The number of benzene rings is 3. The van der Waals surface area contributed by atoms with Crippen molar-refractivity contribution in [1.82, 2.24) is 0 Å². The fourth-order valence-electron chi connectivity index (χ4n) is 2.18. The summed E-state index contributed by atoms with van der Waals surface area (Å²) in [6.07, 6.45) is 0. The Bertz CT molecular complexity index is 823. The summed E-state index contributed by atoms with van der Waals surface area (Å²) < 4.78 is 0. The molecule has 0 heterocycles. The van der Waals surface area contributed by atoms with E-state index in [0.29, 0.717) is 10.8 Å². The molecule has 0 atom stereocenters. The predicted octanol–water partition coefficient (Wildman–Crippen LogP) is 2.52. The third-order valence-corrected chi connectivity index (χ3v) is 3.18. The molecule has 3 aromatic rings. The average molecular weight is 258 g/mol. The number of phenols is 5. The first-order valence-electron chi connectivity index (χ1n) is 5.52. The van der Waals surface area contributed by atoms with Crippen molar-refractivity contribution in [3.05, 3.63) is 30.3 Å². The molecular weight excluding hydrogens is 248 g/mol. The van der Waals surface area contributed by atoms with Gasteiger partial charge in [0.25, 0.3) is 0 Å². The third kappa shape index (κ3) is 1.41. The zero-order chi connectivity index (χ0) is 13.7. The Morgan fingerprint density at radius 3 is 1.79 bits per heavy atom. The van der Waals surface area contributed by atoms with Crippen LogP contribution in [0.1, 0.15) is 0 Å². The van der Waals surface area contributed by atoms with E-state index in [4.69, 9.17) is 0 Å². The number of hydrogen-bond acceptors (Lipinski definition) is 5. The van der Waals surface area contributed by atoms with Crippen molar-refractivity contribution in [2.24, 2.45) is 0 Å². The highest BCUT2D eigenvalue weighted by Crippen LogP contribution is 2.49. The molecule has 0 spiro atoms. The molecule has 96 valence electrons. The molecule has 0 saturated carbocycles. The Kier molecular flexibility index (Phi) is 2.13. The summed E-state index contributed by atoms with van der Waals surface area (Å²) in [6.45, 7) is 0. The maximum Gasteiger partial charge on any atom is 0.204 e. The molecule has 5 N–H and O–H groups in total. The maximum atomic E-state index is 9.81. The molecule has 0 saturated heterocycles. The van der Waals surface area contributed by atoms with Gasteiger partial charge >= 0.3 is 0 Å². The van der Waals surface area contributed by atoms with Crippen LogP contribution in [0.15, 0.2) is 30.3 Å². The highest BCUT2D eigenvalue weighted by atomic mass is 16.3. The quantitative estimate of drug-likeness (QED) is 0.242. The van der Waals surface area contributed by atoms with Crippen LogP contribution in [0.2, 0.25) is 0 Å². The molecule has 0 radical (unpaired) electrons. The van der Waals surface area contributed by atoms with Crippen molar-refractivity contribution in [3.63, 3.8) is 0 Å². The fraction of sp³-hybridized carbons (Fsp3) is 0. The van der Waals surface area contributed by atoms with Gasteiger partial charge in [-0.25, -0.2) is 0 Å². The molecule has 0 fully saturated rings. The number of fused-ring (bicyclic) bond motifs is 2. The minimum Gasteiger partial charge on any atom is -0.507 e. The second kappa shape index (κ2) is 3.58. The van der Waals surface area contributed by atoms with E-state index in [9.17, 15) is 25.5 Å². The largest absolute Gasteiger partial charge is 0.507 e. The third-order valence-electron chi connectivity index (χ3n) is 3.18. The molecule has 0 aromatic heterocycles. The lowest BCUT2D eigenvalue weighted by Crippen LogP contribution is -1.82. The number of aromatic hydroxyl groups is 5. The van der Waals surface area contributed by atoms with E-state index in [-0.39, 0.29) is 16.5 Å². The van der Waals surface area contributed by atoms with E-state index in [2.05, 4.69) is 0 Å². The van der Waals surface area contributed by atoms with E-state index in [1.807, 2.05) is 0 Å². The number of phenolic OH excluding ortho intramolecular Hbond substituents is 5. The van der Waals surface area contributed by atoms with Crippen molar-refractivity contribution in [2.75, 3.05) is 0 Å². The molecular formula is C14H10O5. The first kappa shape index (κ1) is 11.3. The summed E-state index contributed by atoms with van der Waals surface area (Å²) in [5.74, 6) is -2.61. The molecule has 0 aliphatic carbocycles. The second-order valence-electron chi connectivity index (χ2n) is 4.29. The van der Waals surface area contributed by atoms with Crippen LogP contribution in [0.25, 0.3) is 21.5 Å². The first-order valence-corrected chi connectivity index (χ1v) is 5.52. The van der Waals surface area contributed by atoms with E-state index in [0.717, 1.165) is 0 Å². The Balaban J connectivity index is 2.59. The fourth-order valence-corrected chi connectivity index (χ4v) is 2.18. The summed E-state index contributed by atoms with van der Waals surface area (Å²) >= 11 is 0. The molecule has 5 nitrogen and oxygen atoms in total. The molecule has 5 heteroatoms. The van der Waals surface area contributed by atoms with Gasteiger partial charge in [0, 0.05) is 16.2 Å². The van der Waals surface area contributed by atoms with Crippen LogP contribution in [-0.2, 0) is 0 Å². The van der Waals surface area contributed by atoms with Crippen LogP contribution >= 0.6 is 0 Å². The van der Waals surface area contributed by atoms with Gasteiger partial charge in [0.2, 0.25) is 11.5 Å². The molecule has 3 aromatic carbocycles. The van der Waals surface area contributed by atoms with Crippen LogP contribution in [0.3, 0.4) is 0 Å². The molecule has 19 heavy (non-hydrogen) atoms. The standard InChI is InChI=1S/C14H10O5/c15-10-3-1-2-6-4-8-9(5-7(6)10)12(17)14(19)13(18)11(8)16/h1-5,15-19H. The van der Waals surface area contributed by atoms with Crippen molar-refractivity contribution in [3.8, 4) is 28.7 Å². The normalized spacial score (nSPS) is 11.2. The second-order valence-corrected chi connectivity index (χ2v) is 4.29. The SMILES string of the molecule is Oc1c(O)c(O)c2cc3c(O)cccc3cc2c1O. The number of rotatable bonds is 0. The van der Waals surface area contributed by atoms with Crippen molar-refractivity contribution < 1.29 is 25.5 Å². The zero-order valence-electron chi connectivity index (χ0n) is 9.62. The van der Waals surface area contributed by atoms with Crippen LogP contribution < -0.4 is 0 Å². The van der Waals surface area contributed by atoms with Gasteiger partial charge in [-0.05, 0) is 23.6 Å². The van der Waals surface area contributed by atoms with Crippen LogP contribution in [0, 0.1) is 0 Å². The van der Waals surface area contributed by atoms with Crippen LogP contribution in [-0.4, -0.2) is 25.5 Å². The Morgan fingerprint density at radius 1 is 0.579 bits per heavy atom. The van der Waals surface area contributed by atoms with Crippen molar-refractivity contribution in [2.45, 2.75) is 0 Å². The van der Waals surface area contributed by atoms with Gasteiger partial charge in [0.05, 0.1) is 0 Å². The number of hydrogen-bond donors (Lipinski definition) is 5. The van der Waals surface area contributed by atoms with Gasteiger partial charge in [0.1, 0.15) is 5.75 Å². The first-order chi connectivity index (χ1) is 9.00. The smallest absolute Gasteiger partial charge is 0.204 e. The monoisotopic (exact) mass is 258 g/mol. The highest BCUT2D eigenvalue weighted by Gasteiger charge is 2.18. The summed E-state index contributed by atoms with van der Waals surface area (Å²) in [7, 11) is 0. The minimum atomic E-state index is -0.792. The zero-order valence-corrected chi connectivity index (χ0v) is 9.62. The van der Waals surface area contributed by atoms with Crippen molar-refractivity contribution in [1.29, 1.82) is 0 Å². The molecule has 0 unspecified atom stereocenters. The van der Waals surface area contributed by atoms with E-state index < -0.39 is 23.0 Å². The highest BCUT2D eigenvalue weighted by molar-refractivity contribution is 6.07. The van der Waals surface area contributed by atoms with Crippen LogP contribution in [0.5, 0.6) is 28.7 Å². The van der Waals surface area contributed by atoms with E-state index in [1.54, 1.807) is 12.1 Å². The summed E-state index contributed by atoms with van der Waals surface area (Å²) in [6, 6.07) is 7.80. The summed E-state index contributed by atoms with van der Waals surface area (Å²) in [5, 5.41) is 49.8. The minimum absolute atomic E-state index is 0.0193. The lowest BCUT2D eigenvalue weighted by atomic mass is 10.0. The Labute approximate surface area is 107 Å². The van der Waals surface area contributed by atoms with Crippen LogP contribution in [0.4, 0.5) is 0 Å². The Morgan fingerprint density at radius 2 is 1.16 bits per heavy atom. The van der Waals surface area contributed by atoms with E-state index in [1.165, 1.54) is 18.2 Å². The lowest BCUT2D eigenvalue weighted by Gasteiger charge is -2.10. The molecule has 0 aliphatic rings. The predicted molar refractivity (Wildman–Crippen MR) is 69.8 cm³/mol. The van der Waals surface area contributed by atoms with Crippen molar-refractivity contribution >= 4 is 21.5 Å². The van der Waals surface area contributed by atoms with Gasteiger partial charge < -0.3 is 25.5 Å². The molecule has 0 amide bonds. The van der Waals surface area contributed by atoms with Gasteiger partial charge in [0.15, 0.2) is 11.5 Å². The molecule has 0 aliphatic heterocycles. The topological polar surface area (TPSA) is 101 Å². The van der Waals surface area contributed by atoms with Gasteiger partial charge in [-0.3, -0.25) is 0 Å². The molecule has 3 rings (SSSR count). The summed E-state index contributed by atoms with van der Waals surface area (Å²) in [5.41, 5.74) is 0. The van der Waals surface area contributed by atoms with E-state index >= 15 is 0 Å². The maximum absolute atomic E-state index is 9.81. The lowest BCUT2D eigenvalue weighted by molar-refractivity contribution is 0.351. The summed E-state index contributed by atoms with van der Waals surface area (Å²) in [4.78, 5) is 0.